The highest BCUT2D eigenvalue weighted by Crippen LogP contribution is 2.19. The van der Waals surface area contributed by atoms with E-state index in [2.05, 4.69) is 22.1 Å². The van der Waals surface area contributed by atoms with Gasteiger partial charge in [0.25, 0.3) is 0 Å². The number of aromatic amines is 1. The highest BCUT2D eigenvalue weighted by molar-refractivity contribution is 7.99. The van der Waals surface area contributed by atoms with Crippen molar-refractivity contribution in [2.24, 2.45) is 0 Å². The van der Waals surface area contributed by atoms with Crippen molar-refractivity contribution in [3.8, 4) is 0 Å². The molecule has 0 spiro atoms. The van der Waals surface area contributed by atoms with E-state index >= 15 is 0 Å². The van der Waals surface area contributed by atoms with Crippen molar-refractivity contribution < 1.29 is 4.79 Å². The van der Waals surface area contributed by atoms with Crippen molar-refractivity contribution in [2.45, 2.75) is 18.5 Å². The van der Waals surface area contributed by atoms with Crippen molar-refractivity contribution in [1.29, 1.82) is 0 Å². The minimum Gasteiger partial charge on any atom is -0.348 e. The Hall–Kier alpha value is -1.75. The molecule has 20 heavy (non-hydrogen) atoms. The van der Waals surface area contributed by atoms with Gasteiger partial charge in [0.2, 0.25) is 5.91 Å². The number of aromatic nitrogens is 2. The molecule has 0 aliphatic rings. The van der Waals surface area contributed by atoms with Crippen LogP contribution < -0.4 is 0 Å². The maximum absolute atomic E-state index is 11.6. The molecule has 5 heteroatoms. The van der Waals surface area contributed by atoms with Crippen molar-refractivity contribution in [3.63, 3.8) is 0 Å². The van der Waals surface area contributed by atoms with E-state index in [-0.39, 0.29) is 5.91 Å². The first-order valence-corrected chi connectivity index (χ1v) is 7.47. The predicted molar refractivity (Wildman–Crippen MR) is 82.0 cm³/mol. The maximum Gasteiger partial charge on any atom is 0.232 e. The van der Waals surface area contributed by atoms with E-state index in [4.69, 9.17) is 0 Å². The first-order chi connectivity index (χ1) is 9.56. The fourth-order valence-corrected chi connectivity index (χ4v) is 2.67. The lowest BCUT2D eigenvalue weighted by molar-refractivity contribution is -0.125. The molecule has 0 radical (unpaired) electrons. The van der Waals surface area contributed by atoms with Gasteiger partial charge in [-0.3, -0.25) is 4.79 Å². The summed E-state index contributed by atoms with van der Waals surface area (Å²) < 4.78 is 0. The molecule has 1 aromatic carbocycles. The average molecular weight is 289 g/mol. The van der Waals surface area contributed by atoms with E-state index in [9.17, 15) is 4.79 Å². The molecule has 106 valence electrons. The number of carbonyl (C=O) groups is 1. The Morgan fingerprint density at radius 1 is 1.30 bits per heavy atom. The Morgan fingerprint density at radius 2 is 2.00 bits per heavy atom. The number of nitrogens with zero attached hydrogens (tertiary/aromatic N) is 2. The molecular formula is C15H19N3OS. The summed E-state index contributed by atoms with van der Waals surface area (Å²) in [6.07, 6.45) is 0.811. The number of nitrogens with one attached hydrogen (secondary N) is 1. The standard InChI is InChI=1S/C15H19N3OS/c1-11-13(9-12-7-5-4-6-8-12)17-15(16-11)20-10-14(19)18(2)3/h4-8H,9-10H2,1-3H3,(H,16,17). The topological polar surface area (TPSA) is 49.0 Å². The zero-order chi connectivity index (χ0) is 14.5. The van der Waals surface area contributed by atoms with Crippen molar-refractivity contribution >= 4 is 17.7 Å². The van der Waals surface area contributed by atoms with Gasteiger partial charge in [-0.1, -0.05) is 42.1 Å². The molecule has 0 fully saturated rings. The minimum absolute atomic E-state index is 0.0914. The number of H-pyrrole nitrogens is 1. The van der Waals surface area contributed by atoms with Gasteiger partial charge < -0.3 is 9.88 Å². The molecule has 1 amide bonds. The first kappa shape index (κ1) is 14.7. The molecule has 0 saturated heterocycles. The molecule has 0 saturated carbocycles. The Morgan fingerprint density at radius 3 is 2.65 bits per heavy atom. The second-order valence-corrected chi connectivity index (χ2v) is 5.82. The molecule has 4 nitrogen and oxygen atoms in total. The molecule has 2 aromatic rings. The van der Waals surface area contributed by atoms with Gasteiger partial charge in [0.1, 0.15) is 0 Å². The van der Waals surface area contributed by atoms with Crippen LogP contribution in [0.15, 0.2) is 35.5 Å². The second kappa shape index (κ2) is 6.61. The van der Waals surface area contributed by atoms with Crippen LogP contribution in [0.4, 0.5) is 0 Å². The summed E-state index contributed by atoms with van der Waals surface area (Å²) in [4.78, 5) is 21.0. The molecule has 0 bridgehead atoms. The molecule has 1 heterocycles. The number of aryl methyl sites for hydroxylation is 1. The largest absolute Gasteiger partial charge is 0.348 e. The van der Waals surface area contributed by atoms with Gasteiger partial charge in [-0.25, -0.2) is 4.98 Å². The number of benzene rings is 1. The van der Waals surface area contributed by atoms with Gasteiger partial charge in [-0.15, -0.1) is 0 Å². The first-order valence-electron chi connectivity index (χ1n) is 6.48. The lowest BCUT2D eigenvalue weighted by Gasteiger charge is -2.08. The van der Waals surface area contributed by atoms with Crippen LogP contribution in [-0.2, 0) is 11.2 Å². The number of amides is 1. The van der Waals surface area contributed by atoms with E-state index in [0.717, 1.165) is 23.0 Å². The maximum atomic E-state index is 11.6. The molecule has 0 aliphatic carbocycles. The summed E-state index contributed by atoms with van der Waals surface area (Å²) in [5.41, 5.74) is 3.34. The third-order valence-corrected chi connectivity index (χ3v) is 3.87. The molecule has 2 rings (SSSR count). The molecular weight excluding hydrogens is 270 g/mol. The van der Waals surface area contributed by atoms with Crippen molar-refractivity contribution in [3.05, 3.63) is 47.3 Å². The van der Waals surface area contributed by atoms with Crippen LogP contribution in [0.5, 0.6) is 0 Å². The Balaban J connectivity index is 2.01. The number of rotatable bonds is 5. The summed E-state index contributed by atoms with van der Waals surface area (Å²) in [6, 6.07) is 10.3. The summed E-state index contributed by atoms with van der Waals surface area (Å²) in [5, 5.41) is 0.809. The van der Waals surface area contributed by atoms with Crippen LogP contribution in [0.1, 0.15) is 17.0 Å². The lowest BCUT2D eigenvalue weighted by atomic mass is 10.1. The predicted octanol–water partition coefficient (Wildman–Crippen LogP) is 2.49. The molecule has 0 aliphatic heterocycles. The normalized spacial score (nSPS) is 10.6. The van der Waals surface area contributed by atoms with Gasteiger partial charge in [0.15, 0.2) is 5.16 Å². The summed E-state index contributed by atoms with van der Waals surface area (Å²) in [5.74, 6) is 0.499. The van der Waals surface area contributed by atoms with Crippen LogP contribution in [-0.4, -0.2) is 40.6 Å². The van der Waals surface area contributed by atoms with E-state index in [1.54, 1.807) is 19.0 Å². The van der Waals surface area contributed by atoms with Gasteiger partial charge >= 0.3 is 0 Å². The Bertz CT molecular complexity index is 578. The third kappa shape index (κ3) is 3.87. The van der Waals surface area contributed by atoms with Gasteiger partial charge in [-0.2, -0.15) is 0 Å². The van der Waals surface area contributed by atoms with Crippen molar-refractivity contribution in [2.75, 3.05) is 19.8 Å². The summed E-state index contributed by atoms with van der Waals surface area (Å²) in [7, 11) is 3.52. The fourth-order valence-electron chi connectivity index (χ4n) is 1.76. The second-order valence-electron chi connectivity index (χ2n) is 4.85. The quantitative estimate of drug-likeness (QED) is 0.860. The third-order valence-electron chi connectivity index (χ3n) is 3.01. The van der Waals surface area contributed by atoms with Crippen LogP contribution >= 0.6 is 11.8 Å². The number of thioether (sulfide) groups is 1. The molecule has 1 aromatic heterocycles. The number of hydrogen-bond donors (Lipinski definition) is 1. The number of hydrogen-bond acceptors (Lipinski definition) is 3. The summed E-state index contributed by atoms with van der Waals surface area (Å²) >= 11 is 1.44. The lowest BCUT2D eigenvalue weighted by Crippen LogP contribution is -2.23. The Labute approximate surface area is 123 Å². The monoisotopic (exact) mass is 289 g/mol. The highest BCUT2D eigenvalue weighted by atomic mass is 32.2. The fraction of sp³-hybridized carbons (Fsp3) is 0.333. The van der Waals surface area contributed by atoms with E-state index in [1.807, 2.05) is 25.1 Å². The number of carbonyl (C=O) groups excluding carboxylic acids is 1. The van der Waals surface area contributed by atoms with Crippen LogP contribution in [0, 0.1) is 6.92 Å². The van der Waals surface area contributed by atoms with Gasteiger partial charge in [0, 0.05) is 26.2 Å². The van der Waals surface area contributed by atoms with Gasteiger partial charge in [-0.05, 0) is 12.5 Å². The molecule has 0 atom stereocenters. The van der Waals surface area contributed by atoms with E-state index < -0.39 is 0 Å². The van der Waals surface area contributed by atoms with Gasteiger partial charge in [0.05, 0.1) is 11.4 Å². The molecule has 0 unspecified atom stereocenters. The SMILES string of the molecule is Cc1[nH]c(SCC(=O)N(C)C)nc1Cc1ccccc1. The van der Waals surface area contributed by atoms with Crippen LogP contribution in [0.25, 0.3) is 0 Å². The van der Waals surface area contributed by atoms with E-state index in [1.165, 1.54) is 17.3 Å². The zero-order valence-corrected chi connectivity index (χ0v) is 12.8. The number of imidazole rings is 1. The molecule has 1 N–H and O–H groups in total. The zero-order valence-electron chi connectivity index (χ0n) is 12.0. The summed E-state index contributed by atoms with van der Waals surface area (Å²) in [6.45, 7) is 2.02. The van der Waals surface area contributed by atoms with Crippen LogP contribution in [0.2, 0.25) is 0 Å². The smallest absolute Gasteiger partial charge is 0.232 e. The minimum atomic E-state index is 0.0914. The average Bonchev–Trinajstić information content (AvgIpc) is 2.77. The van der Waals surface area contributed by atoms with E-state index in [0.29, 0.717) is 5.75 Å². The Kier molecular flexibility index (Phi) is 4.84. The van der Waals surface area contributed by atoms with Crippen LogP contribution in [0.3, 0.4) is 0 Å². The highest BCUT2D eigenvalue weighted by Gasteiger charge is 2.10. The van der Waals surface area contributed by atoms with Crippen molar-refractivity contribution in [1.82, 2.24) is 14.9 Å².